The fraction of sp³-hybridized carbons (Fsp3) is 0.692. The lowest BCUT2D eigenvalue weighted by Gasteiger charge is -2.56. The van der Waals surface area contributed by atoms with Crippen LogP contribution in [0, 0.1) is 29.1 Å². The summed E-state index contributed by atoms with van der Waals surface area (Å²) >= 11 is 0. The van der Waals surface area contributed by atoms with Crippen LogP contribution in [0.4, 0.5) is 0 Å². The molecule has 170 valence electrons. The number of aryl methyl sites for hydroxylation is 1. The van der Waals surface area contributed by atoms with Gasteiger partial charge < -0.3 is 14.4 Å². The molecule has 0 aliphatic heterocycles. The summed E-state index contributed by atoms with van der Waals surface area (Å²) in [6.45, 7) is 10.0. The molecule has 5 nitrogen and oxygen atoms in total. The number of carbonyl (C=O) groups excluding carboxylic acids is 2. The normalized spacial score (nSPS) is 28.7. The third-order valence-electron chi connectivity index (χ3n) is 7.80. The van der Waals surface area contributed by atoms with Crippen molar-refractivity contribution in [2.45, 2.75) is 58.9 Å². The molecule has 0 saturated heterocycles. The first-order valence-electron chi connectivity index (χ1n) is 12.1. The summed E-state index contributed by atoms with van der Waals surface area (Å²) in [4.78, 5) is 31.0. The predicted molar refractivity (Wildman–Crippen MR) is 123 cm³/mol. The van der Waals surface area contributed by atoms with E-state index in [1.54, 1.807) is 11.0 Å². The van der Waals surface area contributed by atoms with Crippen molar-refractivity contribution in [2.24, 2.45) is 36.1 Å². The molecular formula is C26H39N3O2. The van der Waals surface area contributed by atoms with Crippen LogP contribution in [0.25, 0.3) is 0 Å². The van der Waals surface area contributed by atoms with E-state index in [0.29, 0.717) is 43.3 Å². The summed E-state index contributed by atoms with van der Waals surface area (Å²) < 4.78 is 2.06. The van der Waals surface area contributed by atoms with Gasteiger partial charge in [-0.15, -0.1) is 6.58 Å². The highest BCUT2D eigenvalue weighted by atomic mass is 16.2. The van der Waals surface area contributed by atoms with Gasteiger partial charge in [-0.3, -0.25) is 9.59 Å². The highest BCUT2D eigenvalue weighted by molar-refractivity contribution is 5.88. The molecule has 1 aromatic rings. The molecule has 5 rings (SSSR count). The summed E-state index contributed by atoms with van der Waals surface area (Å²) in [5.74, 6) is 2.76. The Morgan fingerprint density at radius 2 is 1.77 bits per heavy atom. The third-order valence-corrected chi connectivity index (χ3v) is 7.80. The third kappa shape index (κ3) is 4.61. The van der Waals surface area contributed by atoms with E-state index in [1.807, 2.05) is 24.2 Å². The maximum absolute atomic E-state index is 13.8. The van der Waals surface area contributed by atoms with Crippen LogP contribution in [0.5, 0.6) is 0 Å². The number of hydrogen-bond acceptors (Lipinski definition) is 2. The Hall–Kier alpha value is -2.04. The average Bonchev–Trinajstić information content (AvgIpc) is 3.09. The maximum Gasteiger partial charge on any atom is 0.242 e. The summed E-state index contributed by atoms with van der Waals surface area (Å²) in [6, 6.07) is 4.07. The molecule has 1 heterocycles. The Labute approximate surface area is 187 Å². The van der Waals surface area contributed by atoms with Gasteiger partial charge in [-0.1, -0.05) is 19.9 Å². The average molecular weight is 426 g/mol. The van der Waals surface area contributed by atoms with Gasteiger partial charge in [-0.2, -0.15) is 0 Å². The molecule has 0 N–H and O–H groups in total. The van der Waals surface area contributed by atoms with Crippen LogP contribution in [0.1, 0.15) is 58.1 Å². The van der Waals surface area contributed by atoms with Gasteiger partial charge in [-0.25, -0.2) is 0 Å². The van der Waals surface area contributed by atoms with Gasteiger partial charge in [0.1, 0.15) is 6.54 Å². The fourth-order valence-electron chi connectivity index (χ4n) is 6.90. The van der Waals surface area contributed by atoms with Crippen molar-refractivity contribution in [3.8, 4) is 0 Å². The van der Waals surface area contributed by atoms with Gasteiger partial charge >= 0.3 is 0 Å². The van der Waals surface area contributed by atoms with E-state index in [2.05, 4.69) is 31.1 Å². The molecule has 1 aromatic heterocycles. The van der Waals surface area contributed by atoms with Crippen LogP contribution in [-0.2, 0) is 23.2 Å². The van der Waals surface area contributed by atoms with Gasteiger partial charge in [0.15, 0.2) is 0 Å². The summed E-state index contributed by atoms with van der Waals surface area (Å²) in [6.07, 6.45) is 10.8. The zero-order valence-corrected chi connectivity index (χ0v) is 19.6. The van der Waals surface area contributed by atoms with Gasteiger partial charge in [0, 0.05) is 32.0 Å². The number of carbonyl (C=O) groups is 2. The van der Waals surface area contributed by atoms with Gasteiger partial charge in [0.2, 0.25) is 11.8 Å². The van der Waals surface area contributed by atoms with Crippen LogP contribution in [0.15, 0.2) is 31.0 Å². The molecule has 4 saturated carbocycles. The highest BCUT2D eigenvalue weighted by Gasteiger charge is 2.55. The van der Waals surface area contributed by atoms with Crippen molar-refractivity contribution in [3.05, 3.63) is 36.7 Å². The molecular weight excluding hydrogens is 386 g/mol. The number of rotatable bonds is 9. The molecule has 0 spiro atoms. The monoisotopic (exact) mass is 425 g/mol. The van der Waals surface area contributed by atoms with Gasteiger partial charge in [-0.05, 0) is 74.3 Å². The van der Waals surface area contributed by atoms with Crippen molar-refractivity contribution in [3.63, 3.8) is 0 Å². The van der Waals surface area contributed by atoms with Crippen LogP contribution in [0.2, 0.25) is 0 Å². The van der Waals surface area contributed by atoms with E-state index in [4.69, 9.17) is 0 Å². The molecule has 31 heavy (non-hydrogen) atoms. The molecule has 4 aliphatic rings. The lowest BCUT2D eigenvalue weighted by atomic mass is 9.49. The molecule has 4 fully saturated rings. The molecule has 0 atom stereocenters. The molecule has 4 aliphatic carbocycles. The first-order chi connectivity index (χ1) is 14.8. The number of nitrogens with zero attached hydrogens (tertiary/aromatic N) is 3. The first-order valence-corrected chi connectivity index (χ1v) is 12.1. The lowest BCUT2D eigenvalue weighted by molar-refractivity contribution is -0.159. The molecule has 5 heteroatoms. The Kier molecular flexibility index (Phi) is 6.32. The van der Waals surface area contributed by atoms with Crippen LogP contribution in [-0.4, -0.2) is 45.8 Å². The first kappa shape index (κ1) is 22.2. The van der Waals surface area contributed by atoms with E-state index in [9.17, 15) is 9.59 Å². The zero-order chi connectivity index (χ0) is 22.2. The van der Waals surface area contributed by atoms with E-state index in [-0.39, 0.29) is 23.8 Å². The van der Waals surface area contributed by atoms with Crippen molar-refractivity contribution in [1.82, 2.24) is 14.4 Å². The van der Waals surface area contributed by atoms with E-state index in [1.165, 1.54) is 19.3 Å². The summed E-state index contributed by atoms with van der Waals surface area (Å²) in [5.41, 5.74) is 0.885. The summed E-state index contributed by atoms with van der Waals surface area (Å²) in [5, 5.41) is 0. The van der Waals surface area contributed by atoms with Crippen molar-refractivity contribution in [1.29, 1.82) is 0 Å². The van der Waals surface area contributed by atoms with Gasteiger partial charge in [0.25, 0.3) is 0 Å². The molecule has 2 amide bonds. The van der Waals surface area contributed by atoms with Crippen LogP contribution >= 0.6 is 0 Å². The zero-order valence-electron chi connectivity index (χ0n) is 19.6. The molecule has 0 radical (unpaired) electrons. The number of amides is 2. The second kappa shape index (κ2) is 8.84. The number of hydrogen-bond donors (Lipinski definition) is 0. The predicted octanol–water partition coefficient (Wildman–Crippen LogP) is 4.24. The quantitative estimate of drug-likeness (QED) is 0.556. The minimum Gasteiger partial charge on any atom is -0.353 e. The van der Waals surface area contributed by atoms with E-state index in [0.717, 1.165) is 25.0 Å². The lowest BCUT2D eigenvalue weighted by Crippen LogP contribution is -2.56. The van der Waals surface area contributed by atoms with Gasteiger partial charge in [0.05, 0.1) is 12.0 Å². The minimum atomic E-state index is -0.223. The van der Waals surface area contributed by atoms with Crippen LogP contribution in [0.3, 0.4) is 0 Å². The van der Waals surface area contributed by atoms with Crippen molar-refractivity contribution < 1.29 is 9.59 Å². The number of aromatic nitrogens is 1. The Morgan fingerprint density at radius 1 is 1.16 bits per heavy atom. The Bertz CT molecular complexity index is 789. The standard InChI is InChI=1S/C26H39N3O2/c1-5-8-28(25(31)26-13-20-10-21(14-26)12-22(11-20)15-26)18-24(30)29(16-19(2)3)17-23-7-6-9-27(23)4/h5-7,9,19-22H,1,8,10-18H2,2-4H3. The smallest absolute Gasteiger partial charge is 0.242 e. The van der Waals surface area contributed by atoms with E-state index < -0.39 is 0 Å². The summed E-state index contributed by atoms with van der Waals surface area (Å²) in [7, 11) is 2.01. The van der Waals surface area contributed by atoms with Crippen LogP contribution < -0.4 is 0 Å². The SMILES string of the molecule is C=CCN(CC(=O)N(Cc1cccn1C)CC(C)C)C(=O)C12CC3CC(CC(C3)C1)C2. The Morgan fingerprint density at radius 3 is 2.26 bits per heavy atom. The van der Waals surface area contributed by atoms with Crippen molar-refractivity contribution >= 4 is 11.8 Å². The molecule has 4 bridgehead atoms. The molecule has 0 aromatic carbocycles. The topological polar surface area (TPSA) is 45.6 Å². The second-order valence-electron chi connectivity index (χ2n) is 11.0. The maximum atomic E-state index is 13.8. The fourth-order valence-corrected chi connectivity index (χ4v) is 6.90. The second-order valence-corrected chi connectivity index (χ2v) is 11.0. The molecule has 0 unspecified atom stereocenters. The Balaban J connectivity index is 1.49. The largest absolute Gasteiger partial charge is 0.353 e. The minimum absolute atomic E-state index is 0.0369. The van der Waals surface area contributed by atoms with E-state index >= 15 is 0 Å². The highest BCUT2D eigenvalue weighted by Crippen LogP contribution is 2.60. The van der Waals surface area contributed by atoms with Crippen molar-refractivity contribution in [2.75, 3.05) is 19.6 Å².